The molecular weight excluding hydrogens is 282 g/mol. The summed E-state index contributed by atoms with van der Waals surface area (Å²) in [6, 6.07) is 7.92. The van der Waals surface area contributed by atoms with E-state index >= 15 is 0 Å². The van der Waals surface area contributed by atoms with Crippen LogP contribution in [0.1, 0.15) is 30.9 Å². The molecule has 1 aromatic rings. The zero-order chi connectivity index (χ0) is 16.0. The Labute approximate surface area is 130 Å². The molecule has 22 heavy (non-hydrogen) atoms. The summed E-state index contributed by atoms with van der Waals surface area (Å²) in [7, 11) is 0. The second-order valence-electron chi connectivity index (χ2n) is 5.82. The number of aliphatic carboxylic acids is 1. The van der Waals surface area contributed by atoms with Gasteiger partial charge in [-0.3, -0.25) is 9.59 Å². The van der Waals surface area contributed by atoms with Gasteiger partial charge in [-0.05, 0) is 30.4 Å². The van der Waals surface area contributed by atoms with Gasteiger partial charge in [0.05, 0.1) is 11.8 Å². The van der Waals surface area contributed by atoms with Crippen LogP contribution in [0.15, 0.2) is 24.3 Å². The molecule has 0 unspecified atom stereocenters. The van der Waals surface area contributed by atoms with E-state index in [1.807, 2.05) is 24.3 Å². The lowest BCUT2D eigenvalue weighted by Crippen LogP contribution is -2.46. The Hall–Kier alpha value is -1.88. The van der Waals surface area contributed by atoms with Gasteiger partial charge < -0.3 is 15.2 Å². The van der Waals surface area contributed by atoms with Gasteiger partial charge in [0.15, 0.2) is 0 Å². The van der Waals surface area contributed by atoms with Crippen LogP contribution in [0.25, 0.3) is 0 Å². The van der Waals surface area contributed by atoms with Crippen molar-refractivity contribution in [2.75, 3.05) is 19.8 Å². The number of carbonyl (C=O) groups excluding carboxylic acids is 1. The van der Waals surface area contributed by atoms with Crippen molar-refractivity contribution in [3.05, 3.63) is 35.4 Å². The Balaban J connectivity index is 1.89. The summed E-state index contributed by atoms with van der Waals surface area (Å²) in [5.74, 6) is -1.00. The first-order valence-electron chi connectivity index (χ1n) is 7.71. The molecule has 1 aliphatic rings. The topological polar surface area (TPSA) is 75.6 Å². The first-order valence-corrected chi connectivity index (χ1v) is 7.71. The predicted octanol–water partition coefficient (Wildman–Crippen LogP) is 1.79. The molecule has 0 aromatic heterocycles. The minimum absolute atomic E-state index is 0.142. The number of hydrogen-bond acceptors (Lipinski definition) is 3. The molecule has 5 heteroatoms. The van der Waals surface area contributed by atoms with E-state index in [4.69, 9.17) is 4.74 Å². The third kappa shape index (κ3) is 4.07. The van der Waals surface area contributed by atoms with Crippen LogP contribution >= 0.6 is 0 Å². The molecular formula is C17H23NO4. The van der Waals surface area contributed by atoms with E-state index in [1.54, 1.807) is 0 Å². The van der Waals surface area contributed by atoms with Crippen LogP contribution in [0.2, 0.25) is 0 Å². The molecule has 5 nitrogen and oxygen atoms in total. The van der Waals surface area contributed by atoms with Crippen LogP contribution in [0.4, 0.5) is 0 Å². The molecule has 1 heterocycles. The smallest absolute Gasteiger partial charge is 0.311 e. The molecule has 0 bridgehead atoms. The molecule has 0 aliphatic carbocycles. The Morgan fingerprint density at radius 1 is 1.18 bits per heavy atom. The van der Waals surface area contributed by atoms with Gasteiger partial charge >= 0.3 is 5.97 Å². The third-order valence-corrected chi connectivity index (χ3v) is 4.32. The molecule has 1 saturated heterocycles. The lowest BCUT2D eigenvalue weighted by atomic mass is 9.80. The average molecular weight is 305 g/mol. The zero-order valence-corrected chi connectivity index (χ0v) is 12.9. The maximum absolute atomic E-state index is 12.0. The van der Waals surface area contributed by atoms with Crippen molar-refractivity contribution in [3.63, 3.8) is 0 Å². The third-order valence-electron chi connectivity index (χ3n) is 4.32. The number of carboxylic acid groups (broad SMARTS) is 1. The van der Waals surface area contributed by atoms with Crippen molar-refractivity contribution in [1.82, 2.24) is 5.32 Å². The number of aryl methyl sites for hydroxylation is 1. The van der Waals surface area contributed by atoms with Crippen LogP contribution < -0.4 is 5.32 Å². The normalized spacial score (nSPS) is 17.0. The fraction of sp³-hybridized carbons (Fsp3) is 0.529. The van der Waals surface area contributed by atoms with Crippen LogP contribution in [0.3, 0.4) is 0 Å². The largest absolute Gasteiger partial charge is 0.481 e. The predicted molar refractivity (Wildman–Crippen MR) is 82.7 cm³/mol. The highest BCUT2D eigenvalue weighted by atomic mass is 16.5. The first kappa shape index (κ1) is 16.5. The Morgan fingerprint density at radius 3 is 2.32 bits per heavy atom. The van der Waals surface area contributed by atoms with Crippen LogP contribution in [-0.2, 0) is 27.2 Å². The number of rotatable bonds is 6. The van der Waals surface area contributed by atoms with Gasteiger partial charge in [-0.15, -0.1) is 0 Å². The Bertz CT molecular complexity index is 518. The van der Waals surface area contributed by atoms with E-state index in [1.165, 1.54) is 5.56 Å². The lowest BCUT2D eigenvalue weighted by Gasteiger charge is -2.33. The molecule has 120 valence electrons. The first-order chi connectivity index (χ1) is 10.6. The Kier molecular flexibility index (Phi) is 5.55. The van der Waals surface area contributed by atoms with E-state index < -0.39 is 11.4 Å². The monoisotopic (exact) mass is 305 g/mol. The van der Waals surface area contributed by atoms with Gasteiger partial charge in [-0.25, -0.2) is 0 Å². The average Bonchev–Trinajstić information content (AvgIpc) is 2.54. The molecule has 0 atom stereocenters. The van der Waals surface area contributed by atoms with Crippen molar-refractivity contribution < 1.29 is 19.4 Å². The molecule has 0 saturated carbocycles. The molecule has 1 aliphatic heterocycles. The molecule has 1 amide bonds. The fourth-order valence-corrected chi connectivity index (χ4v) is 2.64. The Morgan fingerprint density at radius 2 is 1.77 bits per heavy atom. The molecule has 2 rings (SSSR count). The second kappa shape index (κ2) is 7.40. The fourth-order valence-electron chi connectivity index (χ4n) is 2.64. The number of ether oxygens (including phenoxy) is 1. The number of benzene rings is 1. The molecule has 1 aromatic carbocycles. The van der Waals surface area contributed by atoms with Gasteiger partial charge in [0.2, 0.25) is 5.91 Å². The number of hydrogen-bond donors (Lipinski definition) is 2. The summed E-state index contributed by atoms with van der Waals surface area (Å²) in [6.07, 6.45) is 2.12. The van der Waals surface area contributed by atoms with E-state index in [0.717, 1.165) is 12.0 Å². The molecule has 1 fully saturated rings. The SMILES string of the molecule is CCc1ccc(CC(=O)NCC2(C(=O)O)CCOCC2)cc1. The van der Waals surface area contributed by atoms with Crippen molar-refractivity contribution >= 4 is 11.9 Å². The van der Waals surface area contributed by atoms with E-state index in [9.17, 15) is 14.7 Å². The summed E-state index contributed by atoms with van der Waals surface area (Å²) in [6.45, 7) is 3.11. The van der Waals surface area contributed by atoms with Gasteiger partial charge in [-0.2, -0.15) is 0 Å². The maximum atomic E-state index is 12.0. The molecule has 2 N–H and O–H groups in total. The van der Waals surface area contributed by atoms with Crippen molar-refractivity contribution in [1.29, 1.82) is 0 Å². The summed E-state index contributed by atoms with van der Waals surface area (Å²) in [4.78, 5) is 23.5. The summed E-state index contributed by atoms with van der Waals surface area (Å²) in [5, 5.41) is 12.2. The van der Waals surface area contributed by atoms with E-state index in [0.29, 0.717) is 26.1 Å². The number of nitrogens with one attached hydrogen (secondary N) is 1. The summed E-state index contributed by atoms with van der Waals surface area (Å²) in [5.41, 5.74) is 1.28. The van der Waals surface area contributed by atoms with Crippen LogP contribution in [-0.4, -0.2) is 36.7 Å². The van der Waals surface area contributed by atoms with Crippen LogP contribution in [0.5, 0.6) is 0 Å². The number of carboxylic acids is 1. The van der Waals surface area contributed by atoms with E-state index in [-0.39, 0.29) is 18.9 Å². The van der Waals surface area contributed by atoms with Crippen molar-refractivity contribution in [2.24, 2.45) is 5.41 Å². The van der Waals surface area contributed by atoms with Gasteiger partial charge in [0.25, 0.3) is 0 Å². The van der Waals surface area contributed by atoms with Gasteiger partial charge in [0, 0.05) is 19.8 Å². The highest BCUT2D eigenvalue weighted by molar-refractivity contribution is 5.80. The lowest BCUT2D eigenvalue weighted by molar-refractivity contribution is -0.154. The van der Waals surface area contributed by atoms with E-state index in [2.05, 4.69) is 12.2 Å². The van der Waals surface area contributed by atoms with Crippen molar-refractivity contribution in [2.45, 2.75) is 32.6 Å². The molecule has 0 spiro atoms. The minimum Gasteiger partial charge on any atom is -0.481 e. The van der Waals surface area contributed by atoms with Gasteiger partial charge in [-0.1, -0.05) is 31.2 Å². The highest BCUT2D eigenvalue weighted by Gasteiger charge is 2.40. The highest BCUT2D eigenvalue weighted by Crippen LogP contribution is 2.30. The summed E-state index contributed by atoms with van der Waals surface area (Å²) >= 11 is 0. The second-order valence-corrected chi connectivity index (χ2v) is 5.82. The maximum Gasteiger partial charge on any atom is 0.311 e. The zero-order valence-electron chi connectivity index (χ0n) is 12.9. The van der Waals surface area contributed by atoms with Gasteiger partial charge in [0.1, 0.15) is 0 Å². The molecule has 0 radical (unpaired) electrons. The number of carbonyl (C=O) groups is 2. The minimum atomic E-state index is -0.889. The van der Waals surface area contributed by atoms with Crippen molar-refractivity contribution in [3.8, 4) is 0 Å². The standard InChI is InChI=1S/C17H23NO4/c1-2-13-3-5-14(6-4-13)11-15(19)18-12-17(16(20)21)7-9-22-10-8-17/h3-6H,2,7-12H2,1H3,(H,18,19)(H,20,21). The van der Waals surface area contributed by atoms with Crippen LogP contribution in [0, 0.1) is 5.41 Å². The number of amides is 1. The quantitative estimate of drug-likeness (QED) is 0.840. The summed E-state index contributed by atoms with van der Waals surface area (Å²) < 4.78 is 5.22.